The number of Topliss-reactive ketones (excluding diaryl/α,β-unsaturated/α-hetero) is 1. The second-order valence-corrected chi connectivity index (χ2v) is 10.1. The minimum absolute atomic E-state index is 0.00806. The molecule has 3 amide bonds. The van der Waals surface area contributed by atoms with E-state index in [9.17, 15) is 32.8 Å². The van der Waals surface area contributed by atoms with E-state index >= 15 is 0 Å². The molecule has 3 heterocycles. The molecule has 0 fully saturated rings. The van der Waals surface area contributed by atoms with Crippen LogP contribution in [-0.4, -0.2) is 46.3 Å². The Morgan fingerprint density at radius 2 is 1.93 bits per heavy atom. The summed E-state index contributed by atoms with van der Waals surface area (Å²) in [6, 6.07) is 9.33. The second-order valence-electron chi connectivity index (χ2n) is 10.1. The third-order valence-corrected chi connectivity index (χ3v) is 7.76. The number of carbonyl (C=O) groups excluding carboxylic acids is 3. The van der Waals surface area contributed by atoms with Gasteiger partial charge in [0.05, 0.1) is 41.2 Å². The molecule has 9 nitrogen and oxygen atoms in total. The molecule has 3 aromatic rings. The zero-order valence-corrected chi connectivity index (χ0v) is 21.7. The normalized spacial score (nSPS) is 18.9. The van der Waals surface area contributed by atoms with Gasteiger partial charge in [-0.2, -0.15) is 18.4 Å². The number of hydrogen-bond acceptors (Lipinski definition) is 6. The van der Waals surface area contributed by atoms with E-state index in [0.29, 0.717) is 24.2 Å². The lowest BCUT2D eigenvalue weighted by atomic mass is 9.88. The summed E-state index contributed by atoms with van der Waals surface area (Å²) in [6.07, 6.45) is -2.44. The average molecular weight is 562 g/mol. The number of nitriles is 1. The van der Waals surface area contributed by atoms with Gasteiger partial charge < -0.3 is 14.3 Å². The summed E-state index contributed by atoms with van der Waals surface area (Å²) in [6.45, 7) is 0.591. The summed E-state index contributed by atoms with van der Waals surface area (Å²) in [4.78, 5) is 45.0. The van der Waals surface area contributed by atoms with E-state index in [1.807, 2.05) is 6.07 Å². The van der Waals surface area contributed by atoms with Crippen LogP contribution in [0.15, 0.2) is 64.5 Å². The summed E-state index contributed by atoms with van der Waals surface area (Å²) in [5.41, 5.74) is 1.88. The van der Waals surface area contributed by atoms with Gasteiger partial charge in [-0.1, -0.05) is 17.3 Å². The van der Waals surface area contributed by atoms with Crippen molar-refractivity contribution >= 4 is 23.4 Å². The molecule has 1 unspecified atom stereocenters. The molecule has 0 N–H and O–H groups in total. The van der Waals surface area contributed by atoms with Gasteiger partial charge in [0.2, 0.25) is 0 Å². The van der Waals surface area contributed by atoms with Gasteiger partial charge in [-0.05, 0) is 42.3 Å². The first-order valence-corrected chi connectivity index (χ1v) is 12.8. The first-order valence-electron chi connectivity index (χ1n) is 12.8. The number of urea groups is 1. The van der Waals surface area contributed by atoms with Crippen LogP contribution in [0.2, 0.25) is 0 Å². The molecule has 3 aliphatic rings. The van der Waals surface area contributed by atoms with Crippen molar-refractivity contribution in [3.8, 4) is 6.07 Å². The van der Waals surface area contributed by atoms with E-state index in [0.717, 1.165) is 28.3 Å². The maximum absolute atomic E-state index is 13.9. The van der Waals surface area contributed by atoms with Gasteiger partial charge in [-0.15, -0.1) is 0 Å². The molecule has 1 aromatic heterocycles. The number of benzene rings is 2. The number of fused-ring (bicyclic) bond motifs is 1. The largest absolute Gasteiger partial charge is 0.416 e. The van der Waals surface area contributed by atoms with Crippen LogP contribution in [0.5, 0.6) is 0 Å². The third kappa shape index (κ3) is 4.34. The molecule has 12 heteroatoms. The van der Waals surface area contributed by atoms with Crippen molar-refractivity contribution in [3.63, 3.8) is 0 Å². The van der Waals surface area contributed by atoms with Crippen molar-refractivity contribution in [1.82, 2.24) is 15.0 Å². The fourth-order valence-corrected chi connectivity index (χ4v) is 5.77. The molecular formula is C29H22F3N5O4. The minimum atomic E-state index is -4.62. The van der Waals surface area contributed by atoms with Gasteiger partial charge >= 0.3 is 12.2 Å². The van der Waals surface area contributed by atoms with Crippen LogP contribution in [0, 0.1) is 11.3 Å². The summed E-state index contributed by atoms with van der Waals surface area (Å²) < 4.78 is 45.5. The van der Waals surface area contributed by atoms with E-state index < -0.39 is 29.7 Å². The van der Waals surface area contributed by atoms with Crippen LogP contribution in [0.3, 0.4) is 0 Å². The zero-order chi connectivity index (χ0) is 29.1. The molecule has 0 spiro atoms. The number of anilines is 1. The Morgan fingerprint density at radius 1 is 1.12 bits per heavy atom. The van der Waals surface area contributed by atoms with Gasteiger partial charge in [-0.25, -0.2) is 4.79 Å². The number of ketones is 1. The van der Waals surface area contributed by atoms with Crippen LogP contribution in [0.1, 0.15) is 57.2 Å². The number of nitrogens with zero attached hydrogens (tertiary/aromatic N) is 5. The molecule has 0 bridgehead atoms. The second kappa shape index (κ2) is 9.62. The Bertz CT molecular complexity index is 1690. The average Bonchev–Trinajstić information content (AvgIpc) is 3.59. The van der Waals surface area contributed by atoms with Gasteiger partial charge in [0.25, 0.3) is 5.91 Å². The number of alkyl halides is 3. The Morgan fingerprint density at radius 3 is 2.68 bits per heavy atom. The molecule has 41 heavy (non-hydrogen) atoms. The lowest BCUT2D eigenvalue weighted by Gasteiger charge is -2.41. The Labute approximate surface area is 232 Å². The third-order valence-electron chi connectivity index (χ3n) is 7.76. The van der Waals surface area contributed by atoms with Crippen LogP contribution in [-0.2, 0) is 23.9 Å². The Hall–Kier alpha value is -4.92. The molecule has 1 atom stereocenters. The molecule has 208 valence electrons. The SMILES string of the molecule is CN1C(=O)N(c2cccc(C(F)(F)F)c2)C2=C(C(=O)CC2)C1c1ccc(C#N)cc1C(=O)N1CCc2nocc2C1. The van der Waals surface area contributed by atoms with Gasteiger partial charge in [0.15, 0.2) is 5.78 Å². The number of likely N-dealkylation sites (N-methyl/N-ethyl adjacent to an activating group) is 1. The van der Waals surface area contributed by atoms with Gasteiger partial charge in [0, 0.05) is 48.8 Å². The number of carbonyl (C=O) groups is 3. The number of rotatable bonds is 3. The van der Waals surface area contributed by atoms with Crippen LogP contribution < -0.4 is 4.90 Å². The molecule has 0 radical (unpaired) electrons. The monoisotopic (exact) mass is 561 g/mol. The van der Waals surface area contributed by atoms with Crippen LogP contribution >= 0.6 is 0 Å². The van der Waals surface area contributed by atoms with Gasteiger partial charge in [0.1, 0.15) is 6.26 Å². The maximum Gasteiger partial charge on any atom is 0.416 e. The number of hydrogen-bond donors (Lipinski definition) is 0. The van der Waals surface area contributed by atoms with Crippen molar-refractivity contribution in [1.29, 1.82) is 5.26 Å². The number of halogens is 3. The standard InChI is InChI=1S/C29H22F3N5O4/c1-35-26(20-6-5-16(13-33)11-21(20)27(39)36-10-9-22-17(14-36)15-41-34-22)25-23(7-8-24(25)38)37(28(35)40)19-4-2-3-18(12-19)29(30,31)32/h2-6,11-12,15,26H,7-10,14H2,1H3. The quantitative estimate of drug-likeness (QED) is 0.446. The van der Waals surface area contributed by atoms with Crippen molar-refractivity contribution in [2.75, 3.05) is 18.5 Å². The highest BCUT2D eigenvalue weighted by molar-refractivity contribution is 6.09. The Kier molecular flexibility index (Phi) is 6.17. The molecule has 1 aliphatic carbocycles. The summed E-state index contributed by atoms with van der Waals surface area (Å²) in [5.74, 6) is -0.658. The molecular weight excluding hydrogens is 539 g/mol. The van der Waals surface area contributed by atoms with Crippen LogP contribution in [0.25, 0.3) is 0 Å². The fraction of sp³-hybridized carbons (Fsp3) is 0.276. The lowest BCUT2D eigenvalue weighted by molar-refractivity contribution is -0.137. The highest BCUT2D eigenvalue weighted by Gasteiger charge is 2.46. The van der Waals surface area contributed by atoms with Gasteiger partial charge in [-0.3, -0.25) is 14.5 Å². The highest BCUT2D eigenvalue weighted by atomic mass is 19.4. The molecule has 2 aromatic carbocycles. The molecule has 6 rings (SSSR count). The van der Waals surface area contributed by atoms with Crippen molar-refractivity contribution in [2.24, 2.45) is 0 Å². The van der Waals surface area contributed by atoms with Crippen LogP contribution in [0.4, 0.5) is 23.7 Å². The zero-order valence-electron chi connectivity index (χ0n) is 21.7. The van der Waals surface area contributed by atoms with Crippen molar-refractivity contribution < 1.29 is 32.1 Å². The molecule has 2 aliphatic heterocycles. The van der Waals surface area contributed by atoms with E-state index in [2.05, 4.69) is 5.16 Å². The summed E-state index contributed by atoms with van der Waals surface area (Å²) in [5, 5.41) is 13.5. The highest BCUT2D eigenvalue weighted by Crippen LogP contribution is 2.46. The topological polar surface area (TPSA) is 111 Å². The number of aromatic nitrogens is 1. The maximum atomic E-state index is 13.9. The van der Waals surface area contributed by atoms with Crippen molar-refractivity contribution in [3.05, 3.63) is 93.5 Å². The summed E-state index contributed by atoms with van der Waals surface area (Å²) in [7, 11) is 1.44. The Balaban J connectivity index is 1.46. The van der Waals surface area contributed by atoms with E-state index in [-0.39, 0.29) is 47.6 Å². The number of amides is 3. The van der Waals surface area contributed by atoms with E-state index in [1.165, 1.54) is 42.5 Å². The lowest BCUT2D eigenvalue weighted by Crippen LogP contribution is -2.48. The van der Waals surface area contributed by atoms with E-state index in [1.54, 1.807) is 11.0 Å². The number of allylic oxidation sites excluding steroid dienone is 1. The smallest absolute Gasteiger partial charge is 0.364 e. The predicted octanol–water partition coefficient (Wildman–Crippen LogP) is 4.99. The minimum Gasteiger partial charge on any atom is -0.364 e. The van der Waals surface area contributed by atoms with E-state index in [4.69, 9.17) is 4.52 Å². The first-order chi connectivity index (χ1) is 19.6. The molecule has 0 saturated heterocycles. The fourth-order valence-electron chi connectivity index (χ4n) is 5.77. The predicted molar refractivity (Wildman–Crippen MR) is 137 cm³/mol. The first kappa shape index (κ1) is 26.3. The summed E-state index contributed by atoms with van der Waals surface area (Å²) >= 11 is 0. The molecule has 0 saturated carbocycles. The van der Waals surface area contributed by atoms with Crippen molar-refractivity contribution in [2.45, 2.75) is 38.0 Å².